The molecule has 0 bridgehead atoms. The summed E-state index contributed by atoms with van der Waals surface area (Å²) in [7, 11) is 4.75. The molecule has 513 valence electrons. The number of nitrogens with one attached hydrogen (secondary N) is 4. The minimum absolute atomic E-state index is 0. The number of ether oxygens (including phenoxy) is 12. The standard InChI is InChI=1S/C60H86N4O22.C3H8.CH4.3Na.Tc/c1-75-22-25-78-28-31-81-34-37-84-50-40-43(41-51(85-38-35-82-32-29-79-26-23-76-2)55(50)86-39-36-83-33-30-80-27-24-77-3)42-64-59(74)60(16-7-19-61-56(71)44-10-4-13-47(65)52(44)68,17-8-20-62-57(72)45-11-5-14-48(66)53(45)69)18-9-21-63-58(73)46-12-6-15-49(67)54(46)70;1-3-2;;;;;/h4-6,10-15,40-41,65-70H,7-9,16-39,42H2,1-3H3,(H,61,71)(H,62,72)(H,63,73)(H,64,74);3H2,1-2H3;1H4;;;;/q;;;3*+1;. The molecule has 30 heteroatoms. The molecule has 0 aliphatic rings. The molecule has 0 saturated heterocycles. The van der Waals surface area contributed by atoms with Gasteiger partial charge in [0.1, 0.15) is 19.8 Å². The van der Waals surface area contributed by atoms with Crippen LogP contribution in [0.1, 0.15) is 103 Å². The normalized spacial score (nSPS) is 10.5. The zero-order valence-corrected chi connectivity index (χ0v) is 63.3. The number of aromatic hydroxyl groups is 6. The zero-order chi connectivity index (χ0) is 64.9. The van der Waals surface area contributed by atoms with Crippen LogP contribution in [0.15, 0.2) is 66.7 Å². The molecule has 94 heavy (non-hydrogen) atoms. The van der Waals surface area contributed by atoms with Crippen molar-refractivity contribution in [2.75, 3.05) is 160 Å². The fourth-order valence-corrected chi connectivity index (χ4v) is 8.51. The number of carbonyl (C=O) groups excluding carboxylic acids is 4. The molecule has 4 rings (SSSR count). The number of phenolic OH excluding ortho intramolecular Hbond substituents is 6. The number of para-hydroxylation sites is 3. The smallest absolute Gasteiger partial charge is 0.504 e. The van der Waals surface area contributed by atoms with Crippen LogP contribution in [0.3, 0.4) is 0 Å². The topological polar surface area (TPSA) is 349 Å². The summed E-state index contributed by atoms with van der Waals surface area (Å²) in [6, 6.07) is 15.3. The summed E-state index contributed by atoms with van der Waals surface area (Å²) < 4.78 is 67.9. The van der Waals surface area contributed by atoms with E-state index in [-0.39, 0.29) is 268 Å². The Labute approximate surface area is 633 Å². The van der Waals surface area contributed by atoms with Crippen molar-refractivity contribution in [2.24, 2.45) is 5.41 Å². The first-order chi connectivity index (χ1) is 43.2. The molecule has 4 aromatic carbocycles. The Morgan fingerprint density at radius 2 is 0.691 bits per heavy atom. The van der Waals surface area contributed by atoms with Crippen LogP contribution < -0.4 is 124 Å². The Kier molecular flexibility index (Phi) is 58.5. The van der Waals surface area contributed by atoms with Gasteiger partial charge in [0.2, 0.25) is 11.7 Å². The maximum atomic E-state index is 15.2. The van der Waals surface area contributed by atoms with Crippen LogP contribution in [0.2, 0.25) is 0 Å². The number of amides is 4. The Bertz CT molecular complexity index is 2460. The summed E-state index contributed by atoms with van der Waals surface area (Å²) in [5, 5.41) is 72.8. The predicted octanol–water partition coefficient (Wildman–Crippen LogP) is -2.61. The number of carbonyl (C=O) groups is 4. The van der Waals surface area contributed by atoms with Gasteiger partial charge in [0.05, 0.1) is 116 Å². The molecule has 4 aromatic rings. The van der Waals surface area contributed by atoms with Crippen LogP contribution in [-0.4, -0.2) is 214 Å². The predicted molar refractivity (Wildman–Crippen MR) is 334 cm³/mol. The average molecular weight is 1440 g/mol. The number of benzene rings is 4. The molecule has 0 aliphatic carbocycles. The van der Waals surface area contributed by atoms with Gasteiger partial charge in [0, 0.05) is 73.0 Å². The molecule has 0 spiro atoms. The molecule has 0 atom stereocenters. The van der Waals surface area contributed by atoms with Gasteiger partial charge in [-0.05, 0) is 92.6 Å². The molecule has 0 aromatic heterocycles. The molecule has 0 fully saturated rings. The van der Waals surface area contributed by atoms with Gasteiger partial charge in [0.25, 0.3) is 17.7 Å². The molecular formula is C64H98N4Na3O22Tc+3. The van der Waals surface area contributed by atoms with Gasteiger partial charge in [-0.3, -0.25) is 19.2 Å². The van der Waals surface area contributed by atoms with E-state index in [9.17, 15) is 45.0 Å². The van der Waals surface area contributed by atoms with Crippen molar-refractivity contribution in [1.29, 1.82) is 0 Å². The molecule has 1 radical (unpaired) electrons. The van der Waals surface area contributed by atoms with Gasteiger partial charge < -0.3 is 109 Å². The quantitative estimate of drug-likeness (QED) is 0.0123. The number of phenols is 6. The van der Waals surface area contributed by atoms with E-state index in [4.69, 9.17) is 56.8 Å². The van der Waals surface area contributed by atoms with Crippen LogP contribution in [0.4, 0.5) is 0 Å². The first-order valence-corrected chi connectivity index (χ1v) is 29.8. The maximum absolute atomic E-state index is 15.2. The first kappa shape index (κ1) is 94.4. The van der Waals surface area contributed by atoms with Crippen LogP contribution in [0, 0.1) is 5.41 Å². The van der Waals surface area contributed by atoms with Gasteiger partial charge >= 0.3 is 88.7 Å². The summed E-state index contributed by atoms with van der Waals surface area (Å²) in [5.74, 6) is -5.01. The van der Waals surface area contributed by atoms with Gasteiger partial charge in [-0.2, -0.15) is 0 Å². The summed E-state index contributed by atoms with van der Waals surface area (Å²) in [6.07, 6.45) is 2.21. The van der Waals surface area contributed by atoms with E-state index < -0.39 is 63.5 Å². The van der Waals surface area contributed by atoms with Crippen molar-refractivity contribution < 1.29 is 215 Å². The number of rotatable bonds is 48. The summed E-state index contributed by atoms with van der Waals surface area (Å²) in [6.45, 7) is 9.35. The van der Waals surface area contributed by atoms with E-state index in [0.717, 1.165) is 0 Å². The second-order valence-electron chi connectivity index (χ2n) is 19.9. The van der Waals surface area contributed by atoms with E-state index in [1.165, 1.54) is 61.0 Å². The Hall–Kier alpha value is -3.75. The average Bonchev–Trinajstić information content (AvgIpc) is 0.864. The first-order valence-electron chi connectivity index (χ1n) is 29.8. The van der Waals surface area contributed by atoms with Crippen molar-refractivity contribution >= 4 is 23.6 Å². The number of hydrogen-bond acceptors (Lipinski definition) is 22. The van der Waals surface area contributed by atoms with E-state index in [1.54, 1.807) is 33.5 Å². The van der Waals surface area contributed by atoms with Gasteiger partial charge in [-0.1, -0.05) is 45.9 Å². The molecule has 0 aliphatic heterocycles. The third-order valence-electron chi connectivity index (χ3n) is 13.0. The van der Waals surface area contributed by atoms with Crippen molar-refractivity contribution in [1.82, 2.24) is 21.3 Å². The van der Waals surface area contributed by atoms with Crippen LogP contribution >= 0.6 is 0 Å². The van der Waals surface area contributed by atoms with E-state index >= 15 is 4.79 Å². The summed E-state index contributed by atoms with van der Waals surface area (Å²) in [4.78, 5) is 55.0. The minimum Gasteiger partial charge on any atom is -0.504 e. The van der Waals surface area contributed by atoms with Crippen molar-refractivity contribution in [2.45, 2.75) is 72.8 Å². The van der Waals surface area contributed by atoms with Crippen LogP contribution in [-0.2, 0) is 74.1 Å². The molecule has 0 saturated carbocycles. The van der Waals surface area contributed by atoms with Crippen LogP contribution in [0.5, 0.6) is 51.7 Å². The molecule has 4 amide bonds. The van der Waals surface area contributed by atoms with E-state index in [0.29, 0.717) is 71.6 Å². The zero-order valence-electron chi connectivity index (χ0n) is 55.5. The molecule has 0 unspecified atom stereocenters. The minimum atomic E-state index is -1.29. The maximum Gasteiger partial charge on any atom is 1.00 e. The Balaban J connectivity index is -0.0000101. The van der Waals surface area contributed by atoms with Crippen molar-refractivity contribution in [3.05, 3.63) is 89.0 Å². The van der Waals surface area contributed by atoms with Gasteiger partial charge in [-0.25, -0.2) is 0 Å². The van der Waals surface area contributed by atoms with Crippen molar-refractivity contribution in [3.8, 4) is 51.7 Å². The number of hydrogen-bond donors (Lipinski definition) is 10. The van der Waals surface area contributed by atoms with Gasteiger partial charge in [-0.15, -0.1) is 0 Å². The number of methoxy groups -OCH3 is 3. The molecule has 0 heterocycles. The summed E-state index contributed by atoms with van der Waals surface area (Å²) in [5.41, 5.74) is -1.28. The fourth-order valence-electron chi connectivity index (χ4n) is 8.51. The fraction of sp³-hybridized carbons (Fsp3) is 0.562. The Morgan fingerprint density at radius 3 is 0.989 bits per heavy atom. The largest absolute Gasteiger partial charge is 1.00 e. The molecule has 10 N–H and O–H groups in total. The monoisotopic (exact) mass is 1440 g/mol. The van der Waals surface area contributed by atoms with E-state index in [1.807, 2.05) is 0 Å². The molecular weight excluding hydrogens is 1340 g/mol. The summed E-state index contributed by atoms with van der Waals surface area (Å²) >= 11 is 0. The Morgan fingerprint density at radius 1 is 0.415 bits per heavy atom. The SMILES string of the molecule is C.CCC.COCCOCCOCCOc1cc(CNC(=O)C(CCCNC(=O)c2cccc(O)c2O)(CCCNC(=O)c2cccc(O)c2O)CCCNC(=O)c2cccc(O)c2O)cc(OCCOCCOCCOC)c1OCCOCCOCCOC.[Na+].[Na+].[Na+].[Tc]. The van der Waals surface area contributed by atoms with Crippen LogP contribution in [0.25, 0.3) is 0 Å². The van der Waals surface area contributed by atoms with Crippen molar-refractivity contribution in [3.63, 3.8) is 0 Å². The third-order valence-corrected chi connectivity index (χ3v) is 13.0. The third kappa shape index (κ3) is 37.3. The van der Waals surface area contributed by atoms with E-state index in [2.05, 4.69) is 35.1 Å². The second kappa shape index (κ2) is 58.2. The second-order valence-corrected chi connectivity index (χ2v) is 19.9. The van der Waals surface area contributed by atoms with Gasteiger partial charge in [0.15, 0.2) is 46.0 Å². The molecule has 26 nitrogen and oxygen atoms in total.